The van der Waals surface area contributed by atoms with Gasteiger partial charge in [-0.3, -0.25) is 14.9 Å². The molecule has 1 aromatic carbocycles. The summed E-state index contributed by atoms with van der Waals surface area (Å²) >= 11 is 7.28. The van der Waals surface area contributed by atoms with Crippen molar-refractivity contribution in [3.8, 4) is 0 Å². The number of aromatic nitrogens is 1. The molecule has 7 heteroatoms. The van der Waals surface area contributed by atoms with Crippen molar-refractivity contribution in [1.82, 2.24) is 4.57 Å². The van der Waals surface area contributed by atoms with Crippen LogP contribution >= 0.6 is 22.9 Å². The molecule has 2 heterocycles. The minimum Gasteiger partial charge on any atom is -0.311 e. The fraction of sp³-hybridized carbons (Fsp3) is 0.0714. The van der Waals surface area contributed by atoms with Crippen LogP contribution in [0.2, 0.25) is 5.02 Å². The lowest BCUT2D eigenvalue weighted by Crippen LogP contribution is -2.19. The molecule has 0 aliphatic rings. The second-order valence-electron chi connectivity index (χ2n) is 4.49. The van der Waals surface area contributed by atoms with Gasteiger partial charge >= 0.3 is 0 Å². The van der Waals surface area contributed by atoms with Crippen molar-refractivity contribution in [2.24, 2.45) is 0 Å². The SMILES string of the molecule is O=c1c2ccsc2ccn1Cc1ccc(Cl)c([N+](=O)[O-])c1. The molecule has 0 atom stereocenters. The number of thiophene rings is 1. The van der Waals surface area contributed by atoms with Gasteiger partial charge in [-0.2, -0.15) is 0 Å². The topological polar surface area (TPSA) is 65.1 Å². The van der Waals surface area contributed by atoms with Gasteiger partial charge < -0.3 is 4.57 Å². The maximum absolute atomic E-state index is 12.3. The molecule has 0 unspecified atom stereocenters. The number of halogens is 1. The predicted molar refractivity (Wildman–Crippen MR) is 83.3 cm³/mol. The van der Waals surface area contributed by atoms with Gasteiger partial charge in [0.05, 0.1) is 16.9 Å². The Morgan fingerprint density at radius 2 is 2.10 bits per heavy atom. The van der Waals surface area contributed by atoms with Crippen LogP contribution in [0.15, 0.2) is 46.7 Å². The number of nitrogens with zero attached hydrogens (tertiary/aromatic N) is 2. The van der Waals surface area contributed by atoms with E-state index < -0.39 is 4.92 Å². The summed E-state index contributed by atoms with van der Waals surface area (Å²) in [7, 11) is 0. The van der Waals surface area contributed by atoms with E-state index >= 15 is 0 Å². The summed E-state index contributed by atoms with van der Waals surface area (Å²) in [5, 5.41) is 13.5. The lowest BCUT2D eigenvalue weighted by atomic mass is 10.2. The summed E-state index contributed by atoms with van der Waals surface area (Å²) in [6.45, 7) is 0.266. The van der Waals surface area contributed by atoms with Gasteiger partial charge in [0.25, 0.3) is 11.2 Å². The molecule has 0 aliphatic heterocycles. The van der Waals surface area contributed by atoms with Crippen LogP contribution in [-0.2, 0) is 6.54 Å². The molecule has 0 saturated carbocycles. The van der Waals surface area contributed by atoms with Crippen LogP contribution in [0.3, 0.4) is 0 Å². The summed E-state index contributed by atoms with van der Waals surface area (Å²) in [4.78, 5) is 22.6. The average Bonchev–Trinajstić information content (AvgIpc) is 2.93. The lowest BCUT2D eigenvalue weighted by Gasteiger charge is -2.06. The minimum atomic E-state index is -0.531. The maximum Gasteiger partial charge on any atom is 0.288 e. The third-order valence-electron chi connectivity index (χ3n) is 3.15. The van der Waals surface area contributed by atoms with Gasteiger partial charge in [-0.05, 0) is 29.1 Å². The van der Waals surface area contributed by atoms with Gasteiger partial charge in [-0.25, -0.2) is 0 Å². The zero-order chi connectivity index (χ0) is 15.0. The predicted octanol–water partition coefficient (Wildman–Crippen LogP) is 3.67. The molecule has 5 nitrogen and oxygen atoms in total. The van der Waals surface area contributed by atoms with Gasteiger partial charge in [-0.1, -0.05) is 17.7 Å². The van der Waals surface area contributed by atoms with Crippen LogP contribution in [0.25, 0.3) is 10.1 Å². The van der Waals surface area contributed by atoms with Crippen molar-refractivity contribution in [3.05, 3.63) is 73.0 Å². The molecule has 0 N–H and O–H groups in total. The van der Waals surface area contributed by atoms with E-state index in [1.165, 1.54) is 28.0 Å². The molecule has 21 heavy (non-hydrogen) atoms. The maximum atomic E-state index is 12.3. The van der Waals surface area contributed by atoms with Crippen LogP contribution in [0.4, 0.5) is 5.69 Å². The molecule has 0 fully saturated rings. The van der Waals surface area contributed by atoms with E-state index in [1.54, 1.807) is 18.3 Å². The third kappa shape index (κ3) is 2.55. The number of hydrogen-bond donors (Lipinski definition) is 0. The molecule has 0 amide bonds. The average molecular weight is 321 g/mol. The number of fused-ring (bicyclic) bond motifs is 1. The van der Waals surface area contributed by atoms with Gasteiger partial charge in [0.2, 0.25) is 0 Å². The Hall–Kier alpha value is -2.18. The zero-order valence-electron chi connectivity index (χ0n) is 10.7. The minimum absolute atomic E-state index is 0.0874. The number of benzene rings is 1. The van der Waals surface area contributed by atoms with Crippen LogP contribution < -0.4 is 5.56 Å². The van der Waals surface area contributed by atoms with Crippen LogP contribution in [0.5, 0.6) is 0 Å². The summed E-state index contributed by atoms with van der Waals surface area (Å²) < 4.78 is 2.46. The normalized spacial score (nSPS) is 10.9. The fourth-order valence-electron chi connectivity index (χ4n) is 2.12. The highest BCUT2D eigenvalue weighted by atomic mass is 35.5. The first-order valence-corrected chi connectivity index (χ1v) is 7.31. The number of nitro benzene ring substituents is 1. The summed E-state index contributed by atoms with van der Waals surface area (Å²) in [6, 6.07) is 8.20. The molecular formula is C14H9ClN2O3S. The van der Waals surface area contributed by atoms with Crippen molar-refractivity contribution in [2.75, 3.05) is 0 Å². The lowest BCUT2D eigenvalue weighted by molar-refractivity contribution is -0.384. The molecule has 0 radical (unpaired) electrons. The van der Waals surface area contributed by atoms with Gasteiger partial charge in [0.1, 0.15) is 5.02 Å². The molecule has 0 saturated heterocycles. The molecule has 0 spiro atoms. The number of hydrogen-bond acceptors (Lipinski definition) is 4. The second kappa shape index (κ2) is 5.31. The summed E-state index contributed by atoms with van der Waals surface area (Å²) in [5.41, 5.74) is 0.396. The molecule has 0 aliphatic carbocycles. The molecule has 2 aromatic heterocycles. The first-order chi connectivity index (χ1) is 10.1. The van der Waals surface area contributed by atoms with Crippen molar-refractivity contribution in [2.45, 2.75) is 6.54 Å². The standard InChI is InChI=1S/C14H9ClN2O3S/c15-11-2-1-9(7-12(11)17(19)20)8-16-5-3-13-10(14(16)18)4-6-21-13/h1-7H,8H2. The first kappa shape index (κ1) is 13.8. The highest BCUT2D eigenvalue weighted by molar-refractivity contribution is 7.17. The van der Waals surface area contributed by atoms with Crippen LogP contribution in [-0.4, -0.2) is 9.49 Å². The smallest absolute Gasteiger partial charge is 0.288 e. The van der Waals surface area contributed by atoms with Gasteiger partial charge in [-0.15, -0.1) is 11.3 Å². The quantitative estimate of drug-likeness (QED) is 0.546. The zero-order valence-corrected chi connectivity index (χ0v) is 12.2. The highest BCUT2D eigenvalue weighted by Gasteiger charge is 2.13. The Morgan fingerprint density at radius 1 is 1.29 bits per heavy atom. The monoisotopic (exact) mass is 320 g/mol. The molecule has 3 rings (SSSR count). The number of nitro groups is 1. The van der Waals surface area contributed by atoms with Crippen molar-refractivity contribution in [3.63, 3.8) is 0 Å². The number of pyridine rings is 1. The third-order valence-corrected chi connectivity index (χ3v) is 4.35. The van der Waals surface area contributed by atoms with E-state index in [-0.39, 0.29) is 22.8 Å². The van der Waals surface area contributed by atoms with E-state index in [0.717, 1.165) is 4.70 Å². The van der Waals surface area contributed by atoms with Gasteiger partial charge in [0, 0.05) is 17.0 Å². The Balaban J connectivity index is 2.02. The largest absolute Gasteiger partial charge is 0.311 e. The Labute approximate surface area is 128 Å². The van der Waals surface area contributed by atoms with Gasteiger partial charge in [0.15, 0.2) is 0 Å². The van der Waals surface area contributed by atoms with E-state index in [0.29, 0.717) is 10.9 Å². The summed E-state index contributed by atoms with van der Waals surface area (Å²) in [6.07, 6.45) is 1.70. The summed E-state index contributed by atoms with van der Waals surface area (Å²) in [5.74, 6) is 0. The molecule has 106 valence electrons. The van der Waals surface area contributed by atoms with E-state index in [4.69, 9.17) is 11.6 Å². The van der Waals surface area contributed by atoms with Crippen LogP contribution in [0, 0.1) is 10.1 Å². The van der Waals surface area contributed by atoms with Crippen molar-refractivity contribution < 1.29 is 4.92 Å². The molecule has 0 bridgehead atoms. The molecule has 3 aromatic rings. The van der Waals surface area contributed by atoms with E-state index in [9.17, 15) is 14.9 Å². The first-order valence-electron chi connectivity index (χ1n) is 6.06. The van der Waals surface area contributed by atoms with E-state index in [1.807, 2.05) is 11.4 Å². The Morgan fingerprint density at radius 3 is 2.86 bits per heavy atom. The Kier molecular flexibility index (Phi) is 3.48. The molecular weight excluding hydrogens is 312 g/mol. The fourth-order valence-corrected chi connectivity index (χ4v) is 3.08. The van der Waals surface area contributed by atoms with E-state index in [2.05, 4.69) is 0 Å². The van der Waals surface area contributed by atoms with Crippen LogP contribution in [0.1, 0.15) is 5.56 Å². The van der Waals surface area contributed by atoms with Crippen molar-refractivity contribution >= 4 is 38.7 Å². The number of rotatable bonds is 3. The van der Waals surface area contributed by atoms with Crippen molar-refractivity contribution in [1.29, 1.82) is 0 Å². The highest BCUT2D eigenvalue weighted by Crippen LogP contribution is 2.25. The Bertz CT molecular complexity index is 901. The second-order valence-corrected chi connectivity index (χ2v) is 5.85.